The molecule has 0 fully saturated rings. The van der Waals surface area contributed by atoms with Gasteiger partial charge in [-0.25, -0.2) is 0 Å². The second-order valence-corrected chi connectivity index (χ2v) is 9.78. The first-order valence-electron chi connectivity index (χ1n) is 7.57. The number of rotatable bonds is 8. The number of allylic oxidation sites excluding steroid dienone is 1. The molecule has 0 saturated heterocycles. The van der Waals surface area contributed by atoms with Crippen molar-refractivity contribution in [1.82, 2.24) is 4.31 Å². The minimum atomic E-state index is -1.16. The number of benzene rings is 1. The fourth-order valence-electron chi connectivity index (χ4n) is 2.29. The molecule has 0 saturated carbocycles. The van der Waals surface area contributed by atoms with Crippen LogP contribution in [0.3, 0.4) is 0 Å². The normalized spacial score (nSPS) is 14.6. The van der Waals surface area contributed by atoms with E-state index in [1.54, 1.807) is 6.08 Å². The van der Waals surface area contributed by atoms with Gasteiger partial charge < -0.3 is 4.55 Å². The maximum absolute atomic E-state index is 13.0. The summed E-state index contributed by atoms with van der Waals surface area (Å²) in [5, 5.41) is 0.673. The molecule has 0 aliphatic carbocycles. The van der Waals surface area contributed by atoms with Crippen LogP contribution >= 0.6 is 27.5 Å². The largest absolute Gasteiger partial charge is 0.597 e. The minimum absolute atomic E-state index is 0.0286. The fourth-order valence-corrected chi connectivity index (χ4v) is 4.38. The van der Waals surface area contributed by atoms with Gasteiger partial charge in [-0.15, -0.1) is 17.5 Å². The second kappa shape index (κ2) is 9.28. The van der Waals surface area contributed by atoms with E-state index in [2.05, 4.69) is 29.1 Å². The van der Waals surface area contributed by atoms with E-state index in [0.29, 0.717) is 11.6 Å². The molecule has 0 N–H and O–H groups in total. The van der Waals surface area contributed by atoms with E-state index in [1.165, 1.54) is 0 Å². The topological polar surface area (TPSA) is 26.3 Å². The summed E-state index contributed by atoms with van der Waals surface area (Å²) in [6.45, 7) is 14.1. The molecule has 23 heavy (non-hydrogen) atoms. The van der Waals surface area contributed by atoms with Crippen LogP contribution in [-0.4, -0.2) is 20.1 Å². The molecule has 1 rings (SSSR count). The first-order chi connectivity index (χ1) is 10.7. The van der Waals surface area contributed by atoms with Crippen LogP contribution in [0.4, 0.5) is 0 Å². The molecular formula is C18H25BrClNOS. The molecule has 1 aromatic carbocycles. The Bertz CT molecular complexity index is 544. The molecule has 128 valence electrons. The molecule has 0 amide bonds. The predicted molar refractivity (Wildman–Crippen MR) is 106 cm³/mol. The Morgan fingerprint density at radius 3 is 2.52 bits per heavy atom. The van der Waals surface area contributed by atoms with Crippen LogP contribution in [0.5, 0.6) is 0 Å². The van der Waals surface area contributed by atoms with Gasteiger partial charge in [0.2, 0.25) is 0 Å². The number of hydrogen-bond donors (Lipinski definition) is 0. The second-order valence-electron chi connectivity index (χ2n) is 6.30. The molecule has 0 aromatic heterocycles. The first kappa shape index (κ1) is 20.8. The molecule has 5 heteroatoms. The highest BCUT2D eigenvalue weighted by molar-refractivity contribution is 9.10. The molecule has 0 unspecified atom stereocenters. The summed E-state index contributed by atoms with van der Waals surface area (Å²) in [6.07, 6.45) is 5.33. The Morgan fingerprint density at radius 2 is 2.00 bits per heavy atom. The predicted octanol–water partition coefficient (Wildman–Crippen LogP) is 6.06. The van der Waals surface area contributed by atoms with Gasteiger partial charge in [0.15, 0.2) is 0 Å². The molecule has 0 heterocycles. The summed E-state index contributed by atoms with van der Waals surface area (Å²) >= 11 is 8.64. The van der Waals surface area contributed by atoms with E-state index in [-0.39, 0.29) is 10.8 Å². The van der Waals surface area contributed by atoms with E-state index < -0.39 is 11.4 Å². The molecule has 0 aliphatic rings. The number of hydrogen-bond acceptors (Lipinski definition) is 2. The Kier molecular flexibility index (Phi) is 8.39. The van der Waals surface area contributed by atoms with Crippen LogP contribution in [0.25, 0.3) is 0 Å². The number of halogens is 2. The minimum Gasteiger partial charge on any atom is -0.597 e. The van der Waals surface area contributed by atoms with Crippen molar-refractivity contribution < 1.29 is 4.55 Å². The van der Waals surface area contributed by atoms with Crippen molar-refractivity contribution in [2.24, 2.45) is 0 Å². The van der Waals surface area contributed by atoms with Crippen LogP contribution in [0, 0.1) is 0 Å². The van der Waals surface area contributed by atoms with Crippen molar-refractivity contribution in [3.63, 3.8) is 0 Å². The quantitative estimate of drug-likeness (QED) is 0.379. The lowest BCUT2D eigenvalue weighted by atomic mass is 10.0. The highest BCUT2D eigenvalue weighted by Crippen LogP contribution is 2.37. The lowest BCUT2D eigenvalue weighted by Crippen LogP contribution is -2.45. The Labute approximate surface area is 157 Å². The molecule has 0 radical (unpaired) electrons. The van der Waals surface area contributed by atoms with Gasteiger partial charge in [0.25, 0.3) is 0 Å². The number of nitrogens with zero attached hydrogens (tertiary/aromatic N) is 1. The Morgan fingerprint density at radius 1 is 1.35 bits per heavy atom. The van der Waals surface area contributed by atoms with E-state index in [4.69, 9.17) is 11.6 Å². The molecule has 2 atom stereocenters. The summed E-state index contributed by atoms with van der Waals surface area (Å²) in [4.78, 5) is 0. The van der Waals surface area contributed by atoms with Crippen LogP contribution < -0.4 is 0 Å². The average molecular weight is 419 g/mol. The smallest absolute Gasteiger partial charge is 0.137 e. The molecular weight excluding hydrogens is 394 g/mol. The highest BCUT2D eigenvalue weighted by Gasteiger charge is 2.38. The van der Waals surface area contributed by atoms with Crippen molar-refractivity contribution in [1.29, 1.82) is 0 Å². The maximum atomic E-state index is 13.0. The van der Waals surface area contributed by atoms with Crippen molar-refractivity contribution in [3.05, 3.63) is 58.6 Å². The molecule has 2 nitrogen and oxygen atoms in total. The highest BCUT2D eigenvalue weighted by atomic mass is 79.9. The average Bonchev–Trinajstić information content (AvgIpc) is 2.48. The SMILES string of the molecule is C=CCC[C@@H](c1cc(Cl)ccc1Br)N(CC=C)[S@@+]([O-])C(C)(C)C. The zero-order valence-corrected chi connectivity index (χ0v) is 17.2. The third-order valence-electron chi connectivity index (χ3n) is 3.35. The summed E-state index contributed by atoms with van der Waals surface area (Å²) in [5.74, 6) is 0. The lowest BCUT2D eigenvalue weighted by Gasteiger charge is -2.37. The van der Waals surface area contributed by atoms with E-state index in [0.717, 1.165) is 22.9 Å². The van der Waals surface area contributed by atoms with E-state index in [1.807, 2.05) is 49.4 Å². The fraction of sp³-hybridized carbons (Fsp3) is 0.444. The molecule has 1 aromatic rings. The monoisotopic (exact) mass is 417 g/mol. The van der Waals surface area contributed by atoms with E-state index in [9.17, 15) is 4.55 Å². The van der Waals surface area contributed by atoms with Crippen molar-refractivity contribution in [2.45, 2.75) is 44.4 Å². The first-order valence-corrected chi connectivity index (χ1v) is 9.85. The van der Waals surface area contributed by atoms with Crippen LogP contribution in [0.1, 0.15) is 45.2 Å². The zero-order valence-electron chi connectivity index (χ0n) is 14.0. The zero-order chi connectivity index (χ0) is 17.6. The summed E-state index contributed by atoms with van der Waals surface area (Å²) in [6, 6.07) is 5.69. The molecule has 0 aliphatic heterocycles. The van der Waals surface area contributed by atoms with Gasteiger partial charge in [0, 0.05) is 20.9 Å². The summed E-state index contributed by atoms with van der Waals surface area (Å²) in [7, 11) is 0. The summed E-state index contributed by atoms with van der Waals surface area (Å²) < 4.78 is 15.7. The van der Waals surface area contributed by atoms with Crippen LogP contribution in [0.15, 0.2) is 48.0 Å². The maximum Gasteiger partial charge on any atom is 0.137 e. The summed E-state index contributed by atoms with van der Waals surface area (Å²) in [5.41, 5.74) is 1.04. The third-order valence-corrected chi connectivity index (χ3v) is 6.19. The van der Waals surface area contributed by atoms with Crippen LogP contribution in [0.2, 0.25) is 5.02 Å². The van der Waals surface area contributed by atoms with Gasteiger partial charge >= 0.3 is 0 Å². The lowest BCUT2D eigenvalue weighted by molar-refractivity contribution is 0.323. The van der Waals surface area contributed by atoms with Gasteiger partial charge in [0.1, 0.15) is 4.75 Å². The standard InChI is InChI=1S/C18H25BrClNOS/c1-6-8-9-17(15-13-14(20)10-11-16(15)19)21(12-7-2)23(22)18(3,4)5/h6-7,10-11,13,17H,1-2,8-9,12H2,3-5H3/t17-,23-/m0/s1. The van der Waals surface area contributed by atoms with E-state index >= 15 is 0 Å². The molecule has 0 bridgehead atoms. The van der Waals surface area contributed by atoms with Crippen LogP contribution in [-0.2, 0) is 11.4 Å². The van der Waals surface area contributed by atoms with Gasteiger partial charge in [0.05, 0.1) is 12.6 Å². The van der Waals surface area contributed by atoms with Gasteiger partial charge in [-0.3, -0.25) is 0 Å². The van der Waals surface area contributed by atoms with Crippen molar-refractivity contribution >= 4 is 38.9 Å². The van der Waals surface area contributed by atoms with Gasteiger partial charge in [-0.2, -0.15) is 0 Å². The third kappa shape index (κ3) is 5.95. The van der Waals surface area contributed by atoms with Gasteiger partial charge in [-0.05, 0) is 57.4 Å². The Balaban J connectivity index is 3.32. The Hall–Kier alpha value is -0.260. The molecule has 0 spiro atoms. The van der Waals surface area contributed by atoms with Crippen molar-refractivity contribution in [3.8, 4) is 0 Å². The van der Waals surface area contributed by atoms with Crippen molar-refractivity contribution in [2.75, 3.05) is 6.54 Å². The van der Waals surface area contributed by atoms with Gasteiger partial charge in [-0.1, -0.05) is 39.7 Å².